The molecule has 4 nitrogen and oxygen atoms in total. The van der Waals surface area contributed by atoms with Gasteiger partial charge in [0.15, 0.2) is 0 Å². The van der Waals surface area contributed by atoms with E-state index in [-0.39, 0.29) is 5.91 Å². The fourth-order valence-corrected chi connectivity index (χ4v) is 2.91. The number of halogens is 1. The summed E-state index contributed by atoms with van der Waals surface area (Å²) in [5.41, 5.74) is 6.96. The fraction of sp³-hybridized carbons (Fsp3) is 0.333. The van der Waals surface area contributed by atoms with Crippen molar-refractivity contribution in [3.05, 3.63) is 41.0 Å². The third-order valence-electron chi connectivity index (χ3n) is 3.85. The number of carbonyl (C=O) groups excluding carboxylic acids is 1. The molecule has 1 amide bonds. The Hall–Kier alpha value is -1.65. The second-order valence-electron chi connectivity index (χ2n) is 5.14. The Morgan fingerprint density at radius 2 is 2.30 bits per heavy atom. The van der Waals surface area contributed by atoms with Gasteiger partial charge in [-0.15, -0.1) is 0 Å². The van der Waals surface area contributed by atoms with Crippen LogP contribution < -0.4 is 5.73 Å². The highest BCUT2D eigenvalue weighted by Crippen LogP contribution is 2.27. The normalized spacial score (nSPS) is 18.7. The Kier molecular flexibility index (Phi) is 3.59. The maximum absolute atomic E-state index is 12.6. The van der Waals surface area contributed by atoms with Crippen LogP contribution >= 0.6 is 11.6 Å². The summed E-state index contributed by atoms with van der Waals surface area (Å²) in [5, 5.41) is 1.43. The second-order valence-corrected chi connectivity index (χ2v) is 5.54. The zero-order valence-electron chi connectivity index (χ0n) is 11.1. The molecule has 20 heavy (non-hydrogen) atoms. The molecular formula is C15H16ClN3O. The van der Waals surface area contributed by atoms with Crippen molar-refractivity contribution in [2.45, 2.75) is 6.42 Å². The standard InChI is InChI=1S/C15H16ClN3O/c16-13-4-3-12(14-11(13)2-1-6-18-14)15(20)19-7-5-10(8-17)9-19/h1-4,6,10H,5,7-9,17H2/t10-/m1/s1. The zero-order valence-corrected chi connectivity index (χ0v) is 11.8. The number of likely N-dealkylation sites (tertiary alicyclic amines) is 1. The number of nitrogens with two attached hydrogens (primary N) is 1. The lowest BCUT2D eigenvalue weighted by Gasteiger charge is -2.17. The van der Waals surface area contributed by atoms with Gasteiger partial charge in [-0.1, -0.05) is 11.6 Å². The van der Waals surface area contributed by atoms with Gasteiger partial charge in [-0.2, -0.15) is 0 Å². The van der Waals surface area contributed by atoms with Crippen LogP contribution in [0, 0.1) is 5.92 Å². The summed E-state index contributed by atoms with van der Waals surface area (Å²) in [6, 6.07) is 7.22. The molecular weight excluding hydrogens is 274 g/mol. The molecule has 2 N–H and O–H groups in total. The minimum atomic E-state index is 0.0151. The van der Waals surface area contributed by atoms with Crippen molar-refractivity contribution in [2.24, 2.45) is 11.7 Å². The first-order valence-corrected chi connectivity index (χ1v) is 7.11. The van der Waals surface area contributed by atoms with Crippen LogP contribution in [0.15, 0.2) is 30.5 Å². The van der Waals surface area contributed by atoms with E-state index in [2.05, 4.69) is 4.98 Å². The first-order chi connectivity index (χ1) is 9.70. The molecule has 0 aliphatic carbocycles. The van der Waals surface area contributed by atoms with Crippen molar-refractivity contribution in [3.63, 3.8) is 0 Å². The average Bonchev–Trinajstić information content (AvgIpc) is 2.96. The van der Waals surface area contributed by atoms with Crippen LogP contribution in [0.25, 0.3) is 10.9 Å². The van der Waals surface area contributed by atoms with Crippen LogP contribution in [-0.4, -0.2) is 35.4 Å². The van der Waals surface area contributed by atoms with Gasteiger partial charge in [-0.05, 0) is 43.1 Å². The number of carbonyl (C=O) groups is 1. The summed E-state index contributed by atoms with van der Waals surface area (Å²) in [7, 11) is 0. The topological polar surface area (TPSA) is 59.2 Å². The number of nitrogens with zero attached hydrogens (tertiary/aromatic N) is 2. The van der Waals surface area contributed by atoms with E-state index in [0.29, 0.717) is 28.6 Å². The fourth-order valence-electron chi connectivity index (χ4n) is 2.69. The summed E-state index contributed by atoms with van der Waals surface area (Å²) in [5.74, 6) is 0.423. The number of aromatic nitrogens is 1. The summed E-state index contributed by atoms with van der Waals surface area (Å²) in [6.45, 7) is 2.12. The molecule has 1 fully saturated rings. The minimum Gasteiger partial charge on any atom is -0.338 e. The van der Waals surface area contributed by atoms with E-state index in [1.165, 1.54) is 0 Å². The molecule has 1 atom stereocenters. The molecule has 3 rings (SSSR count). The molecule has 0 unspecified atom stereocenters. The maximum Gasteiger partial charge on any atom is 0.256 e. The molecule has 1 aromatic heterocycles. The van der Waals surface area contributed by atoms with Crippen LogP contribution in [0.4, 0.5) is 0 Å². The molecule has 0 radical (unpaired) electrons. The minimum absolute atomic E-state index is 0.0151. The number of fused-ring (bicyclic) bond motifs is 1. The van der Waals surface area contributed by atoms with Crippen LogP contribution in [0.1, 0.15) is 16.8 Å². The van der Waals surface area contributed by atoms with E-state index in [4.69, 9.17) is 17.3 Å². The monoisotopic (exact) mass is 289 g/mol. The number of hydrogen-bond acceptors (Lipinski definition) is 3. The number of amides is 1. The Balaban J connectivity index is 1.98. The third-order valence-corrected chi connectivity index (χ3v) is 4.18. The highest BCUT2D eigenvalue weighted by molar-refractivity contribution is 6.36. The number of benzene rings is 1. The van der Waals surface area contributed by atoms with Gasteiger partial charge in [-0.25, -0.2) is 0 Å². The van der Waals surface area contributed by atoms with E-state index in [0.717, 1.165) is 24.9 Å². The maximum atomic E-state index is 12.6. The zero-order chi connectivity index (χ0) is 14.1. The van der Waals surface area contributed by atoms with E-state index < -0.39 is 0 Å². The van der Waals surface area contributed by atoms with Gasteiger partial charge in [0.1, 0.15) is 0 Å². The van der Waals surface area contributed by atoms with Crippen LogP contribution in [0.5, 0.6) is 0 Å². The Morgan fingerprint density at radius 3 is 3.05 bits per heavy atom. The second kappa shape index (κ2) is 5.38. The molecule has 1 aromatic carbocycles. The SMILES string of the molecule is NC[C@H]1CCN(C(=O)c2ccc(Cl)c3cccnc23)C1. The van der Waals surface area contributed by atoms with Crippen molar-refractivity contribution in [1.29, 1.82) is 0 Å². The predicted molar refractivity (Wildman–Crippen MR) is 79.8 cm³/mol. The third kappa shape index (κ3) is 2.25. The van der Waals surface area contributed by atoms with Gasteiger partial charge in [0.2, 0.25) is 0 Å². The van der Waals surface area contributed by atoms with Gasteiger partial charge in [0.25, 0.3) is 5.91 Å². The molecule has 0 saturated carbocycles. The summed E-state index contributed by atoms with van der Waals surface area (Å²) >= 11 is 6.16. The van der Waals surface area contributed by atoms with Crippen molar-refractivity contribution in [2.75, 3.05) is 19.6 Å². The van der Waals surface area contributed by atoms with Crippen molar-refractivity contribution < 1.29 is 4.79 Å². The van der Waals surface area contributed by atoms with E-state index in [1.54, 1.807) is 18.3 Å². The predicted octanol–water partition coefficient (Wildman–Crippen LogP) is 2.31. The van der Waals surface area contributed by atoms with Crippen molar-refractivity contribution >= 4 is 28.4 Å². The molecule has 104 valence electrons. The lowest BCUT2D eigenvalue weighted by atomic mass is 10.1. The average molecular weight is 290 g/mol. The van der Waals surface area contributed by atoms with Gasteiger partial charge in [0.05, 0.1) is 16.1 Å². The van der Waals surface area contributed by atoms with Gasteiger partial charge < -0.3 is 10.6 Å². The lowest BCUT2D eigenvalue weighted by molar-refractivity contribution is 0.0789. The highest BCUT2D eigenvalue weighted by atomic mass is 35.5. The Morgan fingerprint density at radius 1 is 1.45 bits per heavy atom. The molecule has 1 saturated heterocycles. The van der Waals surface area contributed by atoms with Gasteiger partial charge >= 0.3 is 0 Å². The van der Waals surface area contributed by atoms with Crippen LogP contribution in [0.3, 0.4) is 0 Å². The Bertz CT molecular complexity index is 659. The van der Waals surface area contributed by atoms with Crippen molar-refractivity contribution in [1.82, 2.24) is 9.88 Å². The largest absolute Gasteiger partial charge is 0.338 e. The molecule has 0 bridgehead atoms. The molecule has 1 aliphatic heterocycles. The summed E-state index contributed by atoms with van der Waals surface area (Å²) in [6.07, 6.45) is 2.66. The van der Waals surface area contributed by atoms with Crippen LogP contribution in [0.2, 0.25) is 5.02 Å². The van der Waals surface area contributed by atoms with Crippen LogP contribution in [-0.2, 0) is 0 Å². The molecule has 5 heteroatoms. The molecule has 1 aliphatic rings. The summed E-state index contributed by atoms with van der Waals surface area (Å²) < 4.78 is 0. The molecule has 0 spiro atoms. The van der Waals surface area contributed by atoms with Gasteiger partial charge in [0, 0.05) is 24.7 Å². The van der Waals surface area contributed by atoms with E-state index in [9.17, 15) is 4.79 Å². The highest BCUT2D eigenvalue weighted by Gasteiger charge is 2.27. The molecule has 2 aromatic rings. The first-order valence-electron chi connectivity index (χ1n) is 6.73. The number of rotatable bonds is 2. The molecule has 2 heterocycles. The number of pyridine rings is 1. The van der Waals surface area contributed by atoms with Crippen molar-refractivity contribution in [3.8, 4) is 0 Å². The first kappa shape index (κ1) is 13.3. The Labute approximate surface area is 122 Å². The number of hydrogen-bond donors (Lipinski definition) is 1. The summed E-state index contributed by atoms with van der Waals surface area (Å²) in [4.78, 5) is 18.8. The van der Waals surface area contributed by atoms with E-state index in [1.807, 2.05) is 17.0 Å². The smallest absolute Gasteiger partial charge is 0.256 e. The van der Waals surface area contributed by atoms with Gasteiger partial charge in [-0.3, -0.25) is 9.78 Å². The quantitative estimate of drug-likeness (QED) is 0.923. The lowest BCUT2D eigenvalue weighted by Crippen LogP contribution is -2.30. The van der Waals surface area contributed by atoms with E-state index >= 15 is 0 Å².